The van der Waals surface area contributed by atoms with E-state index >= 15 is 4.39 Å². The van der Waals surface area contributed by atoms with E-state index in [9.17, 15) is 18.0 Å². The minimum absolute atomic E-state index is 0.106. The van der Waals surface area contributed by atoms with Crippen LogP contribution in [0, 0.1) is 5.82 Å². The summed E-state index contributed by atoms with van der Waals surface area (Å²) in [6, 6.07) is 24.2. The molecule has 2 atom stereocenters. The van der Waals surface area contributed by atoms with Gasteiger partial charge < -0.3 is 24.4 Å². The number of amides is 2. The third-order valence-electron chi connectivity index (χ3n) is 8.23. The number of hydrogen-bond acceptors (Lipinski definition) is 7. The predicted octanol–water partition coefficient (Wildman–Crippen LogP) is 5.99. The molecule has 1 N–H and O–H groups in total. The van der Waals surface area contributed by atoms with Gasteiger partial charge in [-0.1, -0.05) is 55.5 Å². The first-order valence-electron chi connectivity index (χ1n) is 16.4. The van der Waals surface area contributed by atoms with Crippen LogP contribution in [-0.4, -0.2) is 64.6 Å². The molecule has 0 heterocycles. The van der Waals surface area contributed by atoms with Crippen molar-refractivity contribution in [3.8, 4) is 17.2 Å². The molecule has 0 saturated heterocycles. The van der Waals surface area contributed by atoms with Crippen molar-refractivity contribution in [3.63, 3.8) is 0 Å². The summed E-state index contributed by atoms with van der Waals surface area (Å²) in [7, 11) is -1.62. The van der Waals surface area contributed by atoms with Crippen molar-refractivity contribution in [3.05, 3.63) is 114 Å². The van der Waals surface area contributed by atoms with Gasteiger partial charge in [0.05, 0.1) is 31.4 Å². The molecular formula is C38H44FN3O7S. The van der Waals surface area contributed by atoms with Crippen LogP contribution in [0.25, 0.3) is 0 Å². The summed E-state index contributed by atoms with van der Waals surface area (Å²) in [4.78, 5) is 29.7. The number of hydrogen-bond donors (Lipinski definition) is 1. The van der Waals surface area contributed by atoms with Crippen LogP contribution in [0.5, 0.6) is 17.2 Å². The van der Waals surface area contributed by atoms with Crippen molar-refractivity contribution in [1.29, 1.82) is 0 Å². The zero-order valence-electron chi connectivity index (χ0n) is 29.0. The Hall–Kier alpha value is -5.10. The lowest BCUT2D eigenvalue weighted by atomic mass is 10.0. The minimum Gasteiger partial charge on any atom is -0.494 e. The summed E-state index contributed by atoms with van der Waals surface area (Å²) in [6.07, 6.45) is 0.745. The minimum atomic E-state index is -4.44. The maximum absolute atomic E-state index is 15.2. The normalized spacial score (nSPS) is 12.4. The molecule has 0 spiro atoms. The second-order valence-corrected chi connectivity index (χ2v) is 13.5. The number of carbonyl (C=O) groups excluding carboxylic acids is 2. The SMILES string of the molecule is CCOc1ccc(N(CC(=O)N(Cc2ccccc2F)[C@@H](Cc2ccccc2)C(=O)N[C@@H](C)CC)S(=O)(=O)c2ccc(OC)c(OC)c2)cc1. The Morgan fingerprint density at radius 3 is 2.14 bits per heavy atom. The molecule has 0 aromatic heterocycles. The van der Waals surface area contributed by atoms with Crippen LogP contribution in [0.4, 0.5) is 10.1 Å². The van der Waals surface area contributed by atoms with Crippen LogP contribution >= 0.6 is 0 Å². The maximum atomic E-state index is 15.2. The lowest BCUT2D eigenvalue weighted by Gasteiger charge is -2.34. The highest BCUT2D eigenvalue weighted by molar-refractivity contribution is 7.92. The van der Waals surface area contributed by atoms with Crippen LogP contribution < -0.4 is 23.8 Å². The number of sulfonamides is 1. The number of methoxy groups -OCH3 is 2. The van der Waals surface area contributed by atoms with E-state index in [1.165, 1.54) is 67.7 Å². The fraction of sp³-hybridized carbons (Fsp3) is 0.316. The van der Waals surface area contributed by atoms with Gasteiger partial charge in [-0.15, -0.1) is 0 Å². The van der Waals surface area contributed by atoms with Crippen LogP contribution in [0.1, 0.15) is 38.3 Å². The van der Waals surface area contributed by atoms with E-state index < -0.39 is 40.2 Å². The van der Waals surface area contributed by atoms with E-state index in [-0.39, 0.29) is 40.9 Å². The third kappa shape index (κ3) is 9.32. The molecule has 10 nitrogen and oxygen atoms in total. The van der Waals surface area contributed by atoms with Crippen molar-refractivity contribution in [2.24, 2.45) is 0 Å². The zero-order chi connectivity index (χ0) is 36.3. The lowest BCUT2D eigenvalue weighted by Crippen LogP contribution is -2.54. The first-order chi connectivity index (χ1) is 24.0. The standard InChI is InChI=1S/C38H44FN3O7S/c1-6-27(3)40-38(44)34(23-28-13-9-8-10-14-28)41(25-29-15-11-12-16-33(29)39)37(43)26-42(30-17-19-31(20-18-30)49-7-2)50(45,46)32-21-22-35(47-4)36(24-32)48-5/h8-22,24,27,34H,6-7,23,25-26H2,1-5H3,(H,40,44)/t27-,34-/m0/s1. The van der Waals surface area contributed by atoms with Gasteiger partial charge in [0, 0.05) is 30.6 Å². The Labute approximate surface area is 293 Å². The molecule has 2 amide bonds. The molecule has 50 heavy (non-hydrogen) atoms. The molecule has 0 saturated carbocycles. The van der Waals surface area contributed by atoms with Gasteiger partial charge >= 0.3 is 0 Å². The van der Waals surface area contributed by atoms with Gasteiger partial charge in [-0.05, 0) is 68.3 Å². The number of halogens is 1. The number of anilines is 1. The van der Waals surface area contributed by atoms with E-state index in [0.29, 0.717) is 24.5 Å². The quantitative estimate of drug-likeness (QED) is 0.144. The highest BCUT2D eigenvalue weighted by Gasteiger charge is 2.35. The van der Waals surface area contributed by atoms with Crippen LogP contribution in [0.2, 0.25) is 0 Å². The fourth-order valence-electron chi connectivity index (χ4n) is 5.31. The van der Waals surface area contributed by atoms with Gasteiger partial charge in [-0.2, -0.15) is 0 Å². The van der Waals surface area contributed by atoms with Gasteiger partial charge in [0.25, 0.3) is 10.0 Å². The summed E-state index contributed by atoms with van der Waals surface area (Å²) in [5.41, 5.74) is 1.11. The zero-order valence-corrected chi connectivity index (χ0v) is 29.8. The molecule has 4 aromatic carbocycles. The lowest BCUT2D eigenvalue weighted by molar-refractivity contribution is -0.140. The highest BCUT2D eigenvalue weighted by Crippen LogP contribution is 2.33. The van der Waals surface area contributed by atoms with Gasteiger partial charge in [-0.3, -0.25) is 13.9 Å². The molecule has 4 rings (SSSR count). The van der Waals surface area contributed by atoms with E-state index in [2.05, 4.69) is 5.32 Å². The van der Waals surface area contributed by atoms with Gasteiger partial charge in [0.2, 0.25) is 11.8 Å². The van der Waals surface area contributed by atoms with Gasteiger partial charge in [-0.25, -0.2) is 12.8 Å². The van der Waals surface area contributed by atoms with Gasteiger partial charge in [0.15, 0.2) is 11.5 Å². The first kappa shape index (κ1) is 37.7. The Bertz CT molecular complexity index is 1840. The number of nitrogens with zero attached hydrogens (tertiary/aromatic N) is 2. The van der Waals surface area contributed by atoms with Crippen molar-refractivity contribution in [1.82, 2.24) is 10.2 Å². The van der Waals surface area contributed by atoms with E-state index in [1.807, 2.05) is 51.1 Å². The highest BCUT2D eigenvalue weighted by atomic mass is 32.2. The Balaban J connectivity index is 1.85. The van der Waals surface area contributed by atoms with Crippen molar-refractivity contribution in [2.75, 3.05) is 31.7 Å². The molecule has 4 aromatic rings. The van der Waals surface area contributed by atoms with Crippen LogP contribution in [-0.2, 0) is 32.6 Å². The van der Waals surface area contributed by atoms with Crippen molar-refractivity contribution < 1.29 is 36.6 Å². The molecule has 0 bridgehead atoms. The summed E-state index contributed by atoms with van der Waals surface area (Å²) >= 11 is 0. The summed E-state index contributed by atoms with van der Waals surface area (Å²) in [5.74, 6) is -0.710. The molecule has 0 fully saturated rings. The Morgan fingerprint density at radius 1 is 0.860 bits per heavy atom. The fourth-order valence-corrected chi connectivity index (χ4v) is 6.74. The number of carbonyl (C=O) groups is 2. The number of nitrogens with one attached hydrogen (secondary N) is 1. The van der Waals surface area contributed by atoms with Crippen LogP contribution in [0.15, 0.2) is 102 Å². The summed E-state index contributed by atoms with van der Waals surface area (Å²) < 4.78 is 61.3. The molecule has 0 aliphatic carbocycles. The van der Waals surface area contributed by atoms with E-state index in [1.54, 1.807) is 18.2 Å². The monoisotopic (exact) mass is 705 g/mol. The topological polar surface area (TPSA) is 114 Å². The van der Waals surface area contributed by atoms with Crippen LogP contribution in [0.3, 0.4) is 0 Å². The van der Waals surface area contributed by atoms with Crippen molar-refractivity contribution in [2.45, 2.75) is 57.1 Å². The molecular weight excluding hydrogens is 661 g/mol. The second-order valence-electron chi connectivity index (χ2n) is 11.6. The molecule has 0 unspecified atom stereocenters. The second kappa shape index (κ2) is 17.5. The predicted molar refractivity (Wildman–Crippen MR) is 190 cm³/mol. The maximum Gasteiger partial charge on any atom is 0.264 e. The number of ether oxygens (including phenoxy) is 3. The Morgan fingerprint density at radius 2 is 1.52 bits per heavy atom. The van der Waals surface area contributed by atoms with E-state index in [4.69, 9.17) is 14.2 Å². The first-order valence-corrected chi connectivity index (χ1v) is 17.8. The Kier molecular flexibility index (Phi) is 13.2. The van der Waals surface area contributed by atoms with Crippen molar-refractivity contribution >= 4 is 27.5 Å². The summed E-state index contributed by atoms with van der Waals surface area (Å²) in [6.45, 7) is 5.01. The molecule has 266 valence electrons. The number of rotatable bonds is 17. The van der Waals surface area contributed by atoms with E-state index in [0.717, 1.165) is 9.87 Å². The molecule has 12 heteroatoms. The van der Waals surface area contributed by atoms with Gasteiger partial charge in [0.1, 0.15) is 24.2 Å². The average molecular weight is 706 g/mol. The number of benzene rings is 4. The third-order valence-corrected chi connectivity index (χ3v) is 10.00. The average Bonchev–Trinajstić information content (AvgIpc) is 3.13. The molecule has 0 aliphatic heterocycles. The smallest absolute Gasteiger partial charge is 0.264 e. The summed E-state index contributed by atoms with van der Waals surface area (Å²) in [5, 5.41) is 2.97. The largest absolute Gasteiger partial charge is 0.494 e. The molecule has 0 aliphatic rings. The molecule has 0 radical (unpaired) electrons.